The molecule has 1 unspecified atom stereocenters. The van der Waals surface area contributed by atoms with Crippen LogP contribution in [0.1, 0.15) is 16.0 Å². The minimum absolute atomic E-state index is 0.139. The van der Waals surface area contributed by atoms with Gasteiger partial charge in [0.25, 0.3) is 0 Å². The predicted molar refractivity (Wildman–Crippen MR) is 75.9 cm³/mol. The molecule has 0 aliphatic heterocycles. The third kappa shape index (κ3) is 2.98. The van der Waals surface area contributed by atoms with Gasteiger partial charge in [0.05, 0.1) is 4.47 Å². The normalized spacial score (nSPS) is 12.4. The zero-order valence-corrected chi connectivity index (χ0v) is 12.5. The van der Waals surface area contributed by atoms with E-state index in [1.807, 2.05) is 6.07 Å². The smallest absolute Gasteiger partial charge is 0.137 e. The number of rotatable bonds is 3. The molecule has 94 valence electrons. The number of hydrogen-bond donors (Lipinski definition) is 0. The van der Waals surface area contributed by atoms with Crippen LogP contribution in [-0.4, -0.2) is 0 Å². The first-order valence-corrected chi connectivity index (χ1v) is 7.12. The lowest BCUT2D eigenvalue weighted by Gasteiger charge is -2.13. The van der Waals surface area contributed by atoms with Crippen LogP contribution in [-0.2, 0) is 6.42 Å². The molecule has 0 spiro atoms. The molecule has 0 saturated carbocycles. The molecule has 0 aliphatic carbocycles. The van der Waals surface area contributed by atoms with Gasteiger partial charge in [0, 0.05) is 4.83 Å². The van der Waals surface area contributed by atoms with Crippen LogP contribution in [0.25, 0.3) is 0 Å². The summed E-state index contributed by atoms with van der Waals surface area (Å²) in [4.78, 5) is -0.139. The van der Waals surface area contributed by atoms with Gasteiger partial charge in [-0.15, -0.1) is 0 Å². The predicted octanol–water partition coefficient (Wildman–Crippen LogP) is 5.41. The van der Waals surface area contributed by atoms with Crippen molar-refractivity contribution in [3.05, 3.63) is 69.7 Å². The summed E-state index contributed by atoms with van der Waals surface area (Å²) in [6, 6.07) is 11.4. The number of halogens is 4. The summed E-state index contributed by atoms with van der Waals surface area (Å²) in [7, 11) is 0. The van der Waals surface area contributed by atoms with Crippen molar-refractivity contribution in [2.75, 3.05) is 0 Å². The topological polar surface area (TPSA) is 0 Å². The SMILES string of the molecule is Fc1ccccc1CC(Br)c1cccc(F)c1Br. The summed E-state index contributed by atoms with van der Waals surface area (Å²) in [5.41, 5.74) is 1.38. The molecule has 0 fully saturated rings. The molecular formula is C14H10Br2F2. The number of alkyl halides is 1. The largest absolute Gasteiger partial charge is 0.207 e. The van der Waals surface area contributed by atoms with Crippen LogP contribution in [0.3, 0.4) is 0 Å². The van der Waals surface area contributed by atoms with E-state index in [1.165, 1.54) is 12.1 Å². The molecule has 0 heterocycles. The van der Waals surface area contributed by atoms with Crippen molar-refractivity contribution in [3.63, 3.8) is 0 Å². The van der Waals surface area contributed by atoms with Gasteiger partial charge in [-0.3, -0.25) is 0 Å². The summed E-state index contributed by atoms with van der Waals surface area (Å²) in [6.07, 6.45) is 0.467. The fraction of sp³-hybridized carbons (Fsp3) is 0.143. The first kappa shape index (κ1) is 13.7. The lowest BCUT2D eigenvalue weighted by molar-refractivity contribution is 0.605. The Morgan fingerprint density at radius 3 is 2.33 bits per heavy atom. The van der Waals surface area contributed by atoms with E-state index in [9.17, 15) is 8.78 Å². The number of hydrogen-bond acceptors (Lipinski definition) is 0. The Balaban J connectivity index is 2.25. The Labute approximate surface area is 121 Å². The molecule has 0 aromatic heterocycles. The Kier molecular flexibility index (Phi) is 4.51. The highest BCUT2D eigenvalue weighted by molar-refractivity contribution is 9.11. The molecule has 0 saturated heterocycles. The van der Waals surface area contributed by atoms with Crippen LogP contribution < -0.4 is 0 Å². The van der Waals surface area contributed by atoms with Crippen LogP contribution in [0.2, 0.25) is 0 Å². The van der Waals surface area contributed by atoms with E-state index < -0.39 is 0 Å². The van der Waals surface area contributed by atoms with Gasteiger partial charge in [0.15, 0.2) is 0 Å². The second kappa shape index (κ2) is 5.93. The van der Waals surface area contributed by atoms with E-state index in [2.05, 4.69) is 31.9 Å². The maximum Gasteiger partial charge on any atom is 0.137 e. The van der Waals surface area contributed by atoms with Crippen molar-refractivity contribution >= 4 is 31.9 Å². The quantitative estimate of drug-likeness (QED) is 0.629. The van der Waals surface area contributed by atoms with E-state index in [0.717, 1.165) is 5.56 Å². The molecule has 4 heteroatoms. The van der Waals surface area contributed by atoms with Gasteiger partial charge in [-0.05, 0) is 45.6 Å². The molecular weight excluding hydrogens is 366 g/mol. The van der Waals surface area contributed by atoms with Crippen molar-refractivity contribution in [3.8, 4) is 0 Å². The van der Waals surface area contributed by atoms with Crippen LogP contribution in [0.15, 0.2) is 46.9 Å². The second-order valence-corrected chi connectivity index (χ2v) is 5.80. The monoisotopic (exact) mass is 374 g/mol. The highest BCUT2D eigenvalue weighted by atomic mass is 79.9. The average molecular weight is 376 g/mol. The molecule has 0 bridgehead atoms. The molecule has 0 nitrogen and oxygen atoms in total. The van der Waals surface area contributed by atoms with E-state index in [1.54, 1.807) is 24.3 Å². The van der Waals surface area contributed by atoms with Gasteiger partial charge in [-0.2, -0.15) is 0 Å². The maximum atomic E-state index is 13.5. The van der Waals surface area contributed by atoms with E-state index in [0.29, 0.717) is 16.5 Å². The van der Waals surface area contributed by atoms with Crippen LogP contribution >= 0.6 is 31.9 Å². The molecule has 2 rings (SSSR count). The molecule has 0 aliphatic rings. The second-order valence-electron chi connectivity index (χ2n) is 3.91. The lowest BCUT2D eigenvalue weighted by atomic mass is 10.0. The highest BCUT2D eigenvalue weighted by Gasteiger charge is 2.15. The van der Waals surface area contributed by atoms with E-state index in [-0.39, 0.29) is 16.5 Å². The molecule has 0 N–H and O–H groups in total. The Bertz CT molecular complexity index is 555. The molecule has 0 amide bonds. The highest BCUT2D eigenvalue weighted by Crippen LogP contribution is 2.34. The Hall–Kier alpha value is -0.740. The first-order valence-electron chi connectivity index (χ1n) is 5.41. The van der Waals surface area contributed by atoms with E-state index >= 15 is 0 Å². The Morgan fingerprint density at radius 1 is 0.944 bits per heavy atom. The summed E-state index contributed by atoms with van der Waals surface area (Å²) >= 11 is 6.69. The molecule has 2 aromatic carbocycles. The van der Waals surface area contributed by atoms with Crippen LogP contribution in [0.4, 0.5) is 8.78 Å². The third-order valence-electron chi connectivity index (χ3n) is 2.68. The minimum Gasteiger partial charge on any atom is -0.207 e. The molecule has 0 radical (unpaired) electrons. The fourth-order valence-corrected chi connectivity index (χ4v) is 3.31. The van der Waals surface area contributed by atoms with Crippen molar-refractivity contribution < 1.29 is 8.78 Å². The zero-order chi connectivity index (χ0) is 13.1. The van der Waals surface area contributed by atoms with Gasteiger partial charge in [-0.25, -0.2) is 8.78 Å². The van der Waals surface area contributed by atoms with Crippen molar-refractivity contribution in [2.45, 2.75) is 11.2 Å². The zero-order valence-electron chi connectivity index (χ0n) is 9.34. The average Bonchev–Trinajstić information content (AvgIpc) is 2.35. The van der Waals surface area contributed by atoms with Crippen LogP contribution in [0, 0.1) is 11.6 Å². The summed E-state index contributed by atoms with van der Waals surface area (Å²) in [5, 5.41) is 0. The molecule has 2 aromatic rings. The number of benzene rings is 2. The third-order valence-corrected chi connectivity index (χ3v) is 4.33. The molecule has 1 atom stereocenters. The van der Waals surface area contributed by atoms with Crippen molar-refractivity contribution in [1.82, 2.24) is 0 Å². The van der Waals surface area contributed by atoms with Crippen LogP contribution in [0.5, 0.6) is 0 Å². The van der Waals surface area contributed by atoms with Gasteiger partial charge < -0.3 is 0 Å². The van der Waals surface area contributed by atoms with Gasteiger partial charge in [0.2, 0.25) is 0 Å². The first-order chi connectivity index (χ1) is 8.59. The van der Waals surface area contributed by atoms with Gasteiger partial charge in [-0.1, -0.05) is 46.3 Å². The summed E-state index contributed by atoms with van der Waals surface area (Å²) in [5.74, 6) is -0.556. The minimum atomic E-state index is -0.314. The van der Waals surface area contributed by atoms with E-state index in [4.69, 9.17) is 0 Å². The lowest BCUT2D eigenvalue weighted by Crippen LogP contribution is -1.99. The standard InChI is InChI=1S/C14H10Br2F2/c15-11(8-9-4-1-2-6-12(9)17)10-5-3-7-13(18)14(10)16/h1-7,11H,8H2. The van der Waals surface area contributed by atoms with Crippen molar-refractivity contribution in [1.29, 1.82) is 0 Å². The molecule has 18 heavy (non-hydrogen) atoms. The maximum absolute atomic E-state index is 13.5. The van der Waals surface area contributed by atoms with Gasteiger partial charge in [0.1, 0.15) is 11.6 Å². The fourth-order valence-electron chi connectivity index (χ4n) is 1.73. The Morgan fingerprint density at radius 2 is 1.61 bits per heavy atom. The summed E-state index contributed by atoms with van der Waals surface area (Å²) in [6.45, 7) is 0. The van der Waals surface area contributed by atoms with Crippen molar-refractivity contribution in [2.24, 2.45) is 0 Å². The summed E-state index contributed by atoms with van der Waals surface area (Å²) < 4.78 is 27.4. The van der Waals surface area contributed by atoms with Gasteiger partial charge >= 0.3 is 0 Å².